The fraction of sp³-hybridized carbons (Fsp3) is 0.273. The molecule has 5 heteroatoms. The van der Waals surface area contributed by atoms with Crippen LogP contribution in [-0.2, 0) is 4.74 Å². The molecule has 0 bridgehead atoms. The second-order valence-electron chi connectivity index (χ2n) is 3.00. The van der Waals surface area contributed by atoms with Crippen molar-refractivity contribution < 1.29 is 13.9 Å². The number of pyridine rings is 1. The van der Waals surface area contributed by atoms with Gasteiger partial charge in [-0.05, 0) is 6.07 Å². The molecule has 0 saturated carbocycles. The van der Waals surface area contributed by atoms with Crippen LogP contribution in [0.1, 0.15) is 10.4 Å². The highest BCUT2D eigenvalue weighted by Gasteiger charge is 2.14. The topological polar surface area (TPSA) is 51.2 Å². The number of amides is 1. The predicted molar refractivity (Wildman–Crippen MR) is 56.2 cm³/mol. The first-order chi connectivity index (χ1) is 7.69. The Balaban J connectivity index is 2.73. The molecule has 0 saturated heterocycles. The fourth-order valence-corrected chi connectivity index (χ4v) is 1.09. The predicted octanol–water partition coefficient (Wildman–Crippen LogP) is 0.599. The molecule has 1 aromatic rings. The Morgan fingerprint density at radius 1 is 1.81 bits per heavy atom. The molecule has 0 fully saturated rings. The highest BCUT2D eigenvalue weighted by Crippen LogP contribution is 2.04. The standard InChI is InChI=1S/C11H11FN2O2/c1-3-8(7-16-2)14-11(15)9-4-5-13-6-10(9)12/h1,4-6,8H,7H2,2H3,(H,14,15). The highest BCUT2D eigenvalue weighted by atomic mass is 19.1. The van der Waals surface area contributed by atoms with Crippen molar-refractivity contribution in [1.29, 1.82) is 0 Å². The number of halogens is 1. The van der Waals surface area contributed by atoms with E-state index in [1.165, 1.54) is 19.4 Å². The zero-order chi connectivity index (χ0) is 12.0. The Hall–Kier alpha value is -1.93. The Kier molecular flexibility index (Phi) is 4.42. The zero-order valence-electron chi connectivity index (χ0n) is 8.74. The van der Waals surface area contributed by atoms with Crippen molar-refractivity contribution in [3.05, 3.63) is 29.8 Å². The van der Waals surface area contributed by atoms with Crippen LogP contribution in [0.4, 0.5) is 4.39 Å². The van der Waals surface area contributed by atoms with Crippen molar-refractivity contribution in [3.8, 4) is 12.3 Å². The maximum Gasteiger partial charge on any atom is 0.255 e. The third-order valence-corrected chi connectivity index (χ3v) is 1.86. The molecule has 1 rings (SSSR count). The summed E-state index contributed by atoms with van der Waals surface area (Å²) in [6, 6.07) is 0.704. The third-order valence-electron chi connectivity index (χ3n) is 1.86. The minimum Gasteiger partial charge on any atom is -0.382 e. The molecule has 0 radical (unpaired) electrons. The minimum atomic E-state index is -0.687. The summed E-state index contributed by atoms with van der Waals surface area (Å²) >= 11 is 0. The number of hydrogen-bond donors (Lipinski definition) is 1. The van der Waals surface area contributed by atoms with E-state index in [9.17, 15) is 9.18 Å². The van der Waals surface area contributed by atoms with Gasteiger partial charge in [0.15, 0.2) is 5.82 Å². The average molecular weight is 222 g/mol. The lowest BCUT2D eigenvalue weighted by atomic mass is 10.2. The van der Waals surface area contributed by atoms with E-state index in [1.807, 2.05) is 0 Å². The molecule has 16 heavy (non-hydrogen) atoms. The summed E-state index contributed by atoms with van der Waals surface area (Å²) in [5.74, 6) is 1.06. The van der Waals surface area contributed by atoms with Crippen LogP contribution in [0.15, 0.2) is 18.5 Å². The molecular formula is C11H11FN2O2. The van der Waals surface area contributed by atoms with Crippen molar-refractivity contribution in [2.75, 3.05) is 13.7 Å². The molecule has 1 N–H and O–H groups in total. The van der Waals surface area contributed by atoms with E-state index in [0.717, 1.165) is 6.20 Å². The minimum absolute atomic E-state index is 0.0913. The normalized spacial score (nSPS) is 11.6. The number of terminal acetylenes is 1. The number of nitrogens with zero attached hydrogens (tertiary/aromatic N) is 1. The lowest BCUT2D eigenvalue weighted by molar-refractivity contribution is 0.0915. The Morgan fingerprint density at radius 3 is 3.12 bits per heavy atom. The molecule has 1 aromatic heterocycles. The molecule has 1 amide bonds. The number of aromatic nitrogens is 1. The first-order valence-electron chi connectivity index (χ1n) is 4.54. The number of rotatable bonds is 4. The van der Waals surface area contributed by atoms with Crippen molar-refractivity contribution >= 4 is 5.91 Å². The molecule has 4 nitrogen and oxygen atoms in total. The van der Waals surface area contributed by atoms with Gasteiger partial charge in [-0.3, -0.25) is 9.78 Å². The second kappa shape index (κ2) is 5.83. The van der Waals surface area contributed by atoms with Gasteiger partial charge in [-0.1, -0.05) is 5.92 Å². The quantitative estimate of drug-likeness (QED) is 0.759. The van der Waals surface area contributed by atoms with Crippen molar-refractivity contribution in [3.63, 3.8) is 0 Å². The van der Waals surface area contributed by atoms with Crippen LogP contribution < -0.4 is 5.32 Å². The summed E-state index contributed by atoms with van der Waals surface area (Å²) < 4.78 is 18.0. The van der Waals surface area contributed by atoms with E-state index in [1.54, 1.807) is 0 Å². The highest BCUT2D eigenvalue weighted by molar-refractivity contribution is 5.94. The van der Waals surface area contributed by atoms with Gasteiger partial charge < -0.3 is 10.1 Å². The Labute approximate surface area is 92.8 Å². The van der Waals surface area contributed by atoms with Gasteiger partial charge in [0.1, 0.15) is 6.04 Å². The fourth-order valence-electron chi connectivity index (χ4n) is 1.09. The lowest BCUT2D eigenvalue weighted by Crippen LogP contribution is -2.37. The monoisotopic (exact) mass is 222 g/mol. The first-order valence-corrected chi connectivity index (χ1v) is 4.54. The SMILES string of the molecule is C#CC(COC)NC(=O)c1ccncc1F. The summed E-state index contributed by atoms with van der Waals surface area (Å²) in [4.78, 5) is 15.1. The van der Waals surface area contributed by atoms with Crippen molar-refractivity contribution in [1.82, 2.24) is 10.3 Å². The van der Waals surface area contributed by atoms with Gasteiger partial charge in [0.2, 0.25) is 0 Å². The van der Waals surface area contributed by atoms with Gasteiger partial charge >= 0.3 is 0 Å². The van der Waals surface area contributed by atoms with E-state index >= 15 is 0 Å². The van der Waals surface area contributed by atoms with Crippen LogP contribution in [-0.4, -0.2) is 30.6 Å². The number of hydrogen-bond acceptors (Lipinski definition) is 3. The number of nitrogens with one attached hydrogen (secondary N) is 1. The van der Waals surface area contributed by atoms with Crippen LogP contribution in [0.25, 0.3) is 0 Å². The van der Waals surface area contributed by atoms with Crippen LogP contribution in [0.5, 0.6) is 0 Å². The third kappa shape index (κ3) is 3.04. The molecule has 1 atom stereocenters. The van der Waals surface area contributed by atoms with Gasteiger partial charge in [-0.2, -0.15) is 0 Å². The smallest absolute Gasteiger partial charge is 0.255 e. The van der Waals surface area contributed by atoms with Crippen molar-refractivity contribution in [2.24, 2.45) is 0 Å². The number of ether oxygens (including phenoxy) is 1. The van der Waals surface area contributed by atoms with Crippen LogP contribution in [0, 0.1) is 18.2 Å². The van der Waals surface area contributed by atoms with Crippen molar-refractivity contribution in [2.45, 2.75) is 6.04 Å². The molecule has 1 heterocycles. The Morgan fingerprint density at radius 2 is 2.56 bits per heavy atom. The summed E-state index contributed by atoms with van der Waals surface area (Å²) in [5, 5.41) is 2.46. The van der Waals surface area contributed by atoms with E-state index in [4.69, 9.17) is 11.2 Å². The van der Waals surface area contributed by atoms with E-state index < -0.39 is 17.8 Å². The van der Waals surface area contributed by atoms with Gasteiger partial charge in [-0.25, -0.2) is 4.39 Å². The van der Waals surface area contributed by atoms with E-state index in [0.29, 0.717) is 0 Å². The molecule has 0 aliphatic carbocycles. The van der Waals surface area contributed by atoms with Gasteiger partial charge in [0.25, 0.3) is 5.91 Å². The van der Waals surface area contributed by atoms with E-state index in [-0.39, 0.29) is 12.2 Å². The molecule has 84 valence electrons. The maximum absolute atomic E-state index is 13.2. The number of carbonyl (C=O) groups is 1. The second-order valence-corrected chi connectivity index (χ2v) is 3.00. The summed E-state index contributed by atoms with van der Waals surface area (Å²) in [5.41, 5.74) is -0.0913. The maximum atomic E-state index is 13.2. The van der Waals surface area contributed by atoms with Gasteiger partial charge in [0, 0.05) is 13.3 Å². The average Bonchev–Trinajstić information content (AvgIpc) is 2.28. The largest absolute Gasteiger partial charge is 0.382 e. The van der Waals surface area contributed by atoms with Crippen LogP contribution in [0.3, 0.4) is 0 Å². The van der Waals surface area contributed by atoms with Gasteiger partial charge in [-0.15, -0.1) is 6.42 Å². The first kappa shape index (κ1) is 12.1. The summed E-state index contributed by atoms with van der Waals surface area (Å²) in [6.45, 7) is 0.176. The molecular weight excluding hydrogens is 211 g/mol. The molecule has 0 aromatic carbocycles. The van der Waals surface area contributed by atoms with Crippen LogP contribution in [0.2, 0.25) is 0 Å². The zero-order valence-corrected chi connectivity index (χ0v) is 8.74. The number of carbonyl (C=O) groups excluding carboxylic acids is 1. The number of methoxy groups -OCH3 is 1. The molecule has 0 aliphatic rings. The van der Waals surface area contributed by atoms with Crippen LogP contribution >= 0.6 is 0 Å². The lowest BCUT2D eigenvalue weighted by Gasteiger charge is -2.11. The molecule has 0 spiro atoms. The molecule has 0 aliphatic heterocycles. The summed E-state index contributed by atoms with van der Waals surface area (Å²) in [7, 11) is 1.46. The summed E-state index contributed by atoms with van der Waals surface area (Å²) in [6.07, 6.45) is 7.47. The molecule has 1 unspecified atom stereocenters. The van der Waals surface area contributed by atoms with Gasteiger partial charge in [0.05, 0.1) is 18.4 Å². The Bertz CT molecular complexity index is 415. The van der Waals surface area contributed by atoms with E-state index in [2.05, 4.69) is 16.2 Å².